The van der Waals surface area contributed by atoms with Crippen molar-refractivity contribution in [3.05, 3.63) is 0 Å². The first-order chi connectivity index (χ1) is 5.65. The van der Waals surface area contributed by atoms with Gasteiger partial charge in [0.25, 0.3) is 0 Å². The van der Waals surface area contributed by atoms with Crippen LogP contribution in [0.3, 0.4) is 0 Å². The van der Waals surface area contributed by atoms with Crippen molar-refractivity contribution in [2.24, 2.45) is 5.92 Å². The van der Waals surface area contributed by atoms with Crippen molar-refractivity contribution in [3.8, 4) is 0 Å². The third-order valence-electron chi connectivity index (χ3n) is 2.46. The molecule has 12 heavy (non-hydrogen) atoms. The van der Waals surface area contributed by atoms with Crippen LogP contribution in [0.1, 0.15) is 39.5 Å². The monoisotopic (exact) mass is 170 g/mol. The highest BCUT2D eigenvalue weighted by atomic mass is 16.5. The van der Waals surface area contributed by atoms with Gasteiger partial charge in [0, 0.05) is 6.42 Å². The first-order valence-corrected chi connectivity index (χ1v) is 4.70. The van der Waals surface area contributed by atoms with Gasteiger partial charge in [0.05, 0.1) is 6.04 Å². The maximum atomic E-state index is 9.50. The quantitative estimate of drug-likeness (QED) is 0.667. The predicted molar refractivity (Wildman–Crippen MR) is 48.4 cm³/mol. The lowest BCUT2D eigenvalue weighted by molar-refractivity contribution is -0.0761. The summed E-state index contributed by atoms with van der Waals surface area (Å²) < 4.78 is 0. The molecule has 2 unspecified atom stereocenters. The number of hydrogen-bond donors (Lipinski definition) is 2. The van der Waals surface area contributed by atoms with Gasteiger partial charge in [0.1, 0.15) is 5.84 Å². The molecule has 2 atom stereocenters. The molecule has 0 aromatic rings. The molecule has 70 valence electrons. The minimum atomic E-state index is 0.186. The summed E-state index contributed by atoms with van der Waals surface area (Å²) >= 11 is 0. The Morgan fingerprint density at radius 3 is 2.92 bits per heavy atom. The molecule has 1 rings (SSSR count). The number of nitrogens with one attached hydrogen (secondary N) is 1. The molecule has 1 saturated heterocycles. The highest BCUT2D eigenvalue weighted by Crippen LogP contribution is 2.24. The van der Waals surface area contributed by atoms with Gasteiger partial charge in [-0.05, 0) is 18.8 Å². The van der Waals surface area contributed by atoms with Crippen molar-refractivity contribution in [1.82, 2.24) is 5.06 Å². The summed E-state index contributed by atoms with van der Waals surface area (Å²) in [6.07, 6.45) is 3.80. The number of rotatable bonds is 2. The van der Waals surface area contributed by atoms with E-state index in [1.54, 1.807) is 0 Å². The zero-order chi connectivity index (χ0) is 9.14. The van der Waals surface area contributed by atoms with E-state index in [2.05, 4.69) is 13.8 Å². The van der Waals surface area contributed by atoms with Crippen LogP contribution in [0.15, 0.2) is 0 Å². The summed E-state index contributed by atoms with van der Waals surface area (Å²) in [5.41, 5.74) is 0. The average molecular weight is 170 g/mol. The standard InChI is InChI=1S/C9H18N2O/c1-3-4-8-5-7(2)6-9(10)11(8)12/h7-8,10,12H,3-6H2,1-2H3. The van der Waals surface area contributed by atoms with Gasteiger partial charge < -0.3 is 0 Å². The molecule has 0 spiro atoms. The molecule has 0 bridgehead atoms. The fourth-order valence-electron chi connectivity index (χ4n) is 1.86. The Morgan fingerprint density at radius 1 is 1.67 bits per heavy atom. The number of hydroxylamine groups is 2. The van der Waals surface area contributed by atoms with Gasteiger partial charge in [-0.25, -0.2) is 5.06 Å². The van der Waals surface area contributed by atoms with E-state index >= 15 is 0 Å². The second kappa shape index (κ2) is 3.90. The Morgan fingerprint density at radius 2 is 2.33 bits per heavy atom. The molecule has 1 aliphatic heterocycles. The van der Waals surface area contributed by atoms with E-state index in [1.807, 2.05) is 0 Å². The maximum Gasteiger partial charge on any atom is 0.121 e. The van der Waals surface area contributed by atoms with E-state index in [0.717, 1.165) is 30.7 Å². The van der Waals surface area contributed by atoms with Crippen LogP contribution in [0.5, 0.6) is 0 Å². The van der Waals surface area contributed by atoms with Crippen LogP contribution in [0.2, 0.25) is 0 Å². The summed E-state index contributed by atoms with van der Waals surface area (Å²) in [5, 5.41) is 18.2. The topological polar surface area (TPSA) is 47.3 Å². The Bertz CT molecular complexity index is 170. The summed E-state index contributed by atoms with van der Waals surface area (Å²) in [6, 6.07) is 0.186. The van der Waals surface area contributed by atoms with E-state index in [4.69, 9.17) is 5.41 Å². The molecule has 0 aromatic carbocycles. The van der Waals surface area contributed by atoms with Crippen LogP contribution in [-0.2, 0) is 0 Å². The first kappa shape index (κ1) is 9.52. The molecular weight excluding hydrogens is 152 g/mol. The number of amidine groups is 1. The van der Waals surface area contributed by atoms with E-state index < -0.39 is 0 Å². The Labute approximate surface area is 73.8 Å². The van der Waals surface area contributed by atoms with Gasteiger partial charge >= 0.3 is 0 Å². The van der Waals surface area contributed by atoms with Crippen molar-refractivity contribution >= 4 is 5.84 Å². The molecule has 0 aliphatic carbocycles. The molecule has 2 N–H and O–H groups in total. The molecule has 3 nitrogen and oxygen atoms in total. The van der Waals surface area contributed by atoms with Crippen molar-refractivity contribution < 1.29 is 5.21 Å². The summed E-state index contributed by atoms with van der Waals surface area (Å²) in [6.45, 7) is 4.25. The van der Waals surface area contributed by atoms with Crippen LogP contribution >= 0.6 is 0 Å². The van der Waals surface area contributed by atoms with Crippen molar-refractivity contribution in [1.29, 1.82) is 5.41 Å². The third kappa shape index (κ3) is 1.97. The van der Waals surface area contributed by atoms with E-state index in [1.165, 1.54) is 0 Å². The molecule has 0 aromatic heterocycles. The highest BCUT2D eigenvalue weighted by molar-refractivity contribution is 5.79. The van der Waals surface area contributed by atoms with Gasteiger partial charge in [-0.3, -0.25) is 10.6 Å². The second-order valence-electron chi connectivity index (χ2n) is 3.78. The third-order valence-corrected chi connectivity index (χ3v) is 2.46. The Balaban J connectivity index is 2.53. The second-order valence-corrected chi connectivity index (χ2v) is 3.78. The van der Waals surface area contributed by atoms with Gasteiger partial charge in [-0.15, -0.1) is 0 Å². The van der Waals surface area contributed by atoms with Gasteiger partial charge in [-0.1, -0.05) is 20.3 Å². The average Bonchev–Trinajstić information content (AvgIpc) is 2.00. The fraction of sp³-hybridized carbons (Fsp3) is 0.889. The van der Waals surface area contributed by atoms with Crippen molar-refractivity contribution in [2.45, 2.75) is 45.6 Å². The molecule has 0 saturated carbocycles. The molecule has 1 fully saturated rings. The lowest BCUT2D eigenvalue weighted by Crippen LogP contribution is -2.43. The predicted octanol–water partition coefficient (Wildman–Crippen LogP) is 2.25. The fourth-order valence-corrected chi connectivity index (χ4v) is 1.86. The number of piperidine rings is 1. The first-order valence-electron chi connectivity index (χ1n) is 4.70. The maximum absolute atomic E-state index is 9.50. The largest absolute Gasteiger partial charge is 0.287 e. The summed E-state index contributed by atoms with van der Waals surface area (Å²) in [5.74, 6) is 0.935. The normalized spacial score (nSPS) is 30.9. The Hall–Kier alpha value is -0.570. The van der Waals surface area contributed by atoms with E-state index in [-0.39, 0.29) is 6.04 Å². The van der Waals surface area contributed by atoms with Gasteiger partial charge in [-0.2, -0.15) is 0 Å². The molecule has 1 heterocycles. The molecule has 0 radical (unpaired) electrons. The molecular formula is C9H18N2O. The Kier molecular flexibility index (Phi) is 3.09. The van der Waals surface area contributed by atoms with Crippen LogP contribution in [0.4, 0.5) is 0 Å². The van der Waals surface area contributed by atoms with Crippen LogP contribution in [0, 0.1) is 11.3 Å². The van der Waals surface area contributed by atoms with E-state index in [9.17, 15) is 5.21 Å². The van der Waals surface area contributed by atoms with Crippen LogP contribution in [-0.4, -0.2) is 22.1 Å². The van der Waals surface area contributed by atoms with E-state index in [0.29, 0.717) is 11.8 Å². The SMILES string of the molecule is CCCC1CC(C)CC(=N)N1O. The lowest BCUT2D eigenvalue weighted by Gasteiger charge is -2.35. The minimum absolute atomic E-state index is 0.186. The smallest absolute Gasteiger partial charge is 0.121 e. The van der Waals surface area contributed by atoms with Gasteiger partial charge in [0.2, 0.25) is 0 Å². The van der Waals surface area contributed by atoms with Gasteiger partial charge in [0.15, 0.2) is 0 Å². The molecule has 1 aliphatic rings. The number of nitrogens with zero attached hydrogens (tertiary/aromatic N) is 1. The zero-order valence-electron chi connectivity index (χ0n) is 7.88. The number of hydrogen-bond acceptors (Lipinski definition) is 2. The lowest BCUT2D eigenvalue weighted by atomic mass is 9.91. The summed E-state index contributed by atoms with van der Waals surface area (Å²) in [4.78, 5) is 0. The highest BCUT2D eigenvalue weighted by Gasteiger charge is 2.27. The molecule has 3 heteroatoms. The minimum Gasteiger partial charge on any atom is -0.287 e. The van der Waals surface area contributed by atoms with Crippen LogP contribution < -0.4 is 0 Å². The van der Waals surface area contributed by atoms with Crippen molar-refractivity contribution in [2.75, 3.05) is 0 Å². The molecule has 0 amide bonds. The zero-order valence-corrected chi connectivity index (χ0v) is 7.88. The summed E-state index contributed by atoms with van der Waals surface area (Å²) in [7, 11) is 0. The van der Waals surface area contributed by atoms with Crippen molar-refractivity contribution in [3.63, 3.8) is 0 Å². The van der Waals surface area contributed by atoms with Crippen LogP contribution in [0.25, 0.3) is 0 Å².